The van der Waals surface area contributed by atoms with Crippen LogP contribution in [0.3, 0.4) is 0 Å². The number of nitrogens with one attached hydrogen (secondary N) is 2. The van der Waals surface area contributed by atoms with E-state index in [0.29, 0.717) is 45.3 Å². The molecule has 3 atom stereocenters. The number of allylic oxidation sites excluding steroid dienone is 1. The number of ether oxygens (including phenoxy) is 2. The molecule has 0 spiro atoms. The van der Waals surface area contributed by atoms with Gasteiger partial charge in [-0.3, -0.25) is 26.3 Å². The largest absolute Gasteiger partial charge is 1.00 e. The Hall–Kier alpha value is -1.58. The Morgan fingerprint density at radius 3 is 2.33 bits per heavy atom. The van der Waals surface area contributed by atoms with Gasteiger partial charge in [0.25, 0.3) is 5.56 Å². The Balaban J connectivity index is 0.000000714. The molecule has 3 aliphatic rings. The molecule has 3 fully saturated rings. The fraction of sp³-hybridized carbons (Fsp3) is 0.659. The van der Waals surface area contributed by atoms with Gasteiger partial charge >= 0.3 is 57.5 Å². The van der Waals surface area contributed by atoms with Gasteiger partial charge in [-0.25, -0.2) is 4.79 Å². The van der Waals surface area contributed by atoms with Crippen LogP contribution in [-0.4, -0.2) is 70.9 Å². The summed E-state index contributed by atoms with van der Waals surface area (Å²) in [4.78, 5) is 48.4. The number of rotatable bonds is 14. The number of nitrogens with zero attached hydrogens (tertiary/aromatic N) is 2. The zero-order valence-electron chi connectivity index (χ0n) is 35.2. The van der Waals surface area contributed by atoms with Crippen LogP contribution in [0.25, 0.3) is 15.5 Å². The second-order valence-electron chi connectivity index (χ2n) is 15.0. The summed E-state index contributed by atoms with van der Waals surface area (Å²) in [5.74, 6) is 2.06. The molecule has 306 valence electrons. The zero-order chi connectivity index (χ0) is 40.9. The van der Waals surface area contributed by atoms with Gasteiger partial charge in [-0.05, 0) is 102 Å². The van der Waals surface area contributed by atoms with E-state index in [4.69, 9.17) is 22.1 Å². The number of hydrogen-bond acceptors (Lipinski definition) is 7. The predicted octanol–water partition coefficient (Wildman–Crippen LogP) is 6.57. The van der Waals surface area contributed by atoms with Gasteiger partial charge in [0, 0.05) is 36.1 Å². The maximum atomic E-state index is 12.1. The Morgan fingerprint density at radius 1 is 1.20 bits per heavy atom. The van der Waals surface area contributed by atoms with Crippen LogP contribution in [0.15, 0.2) is 41.8 Å². The third kappa shape index (κ3) is 22.2. The van der Waals surface area contributed by atoms with Gasteiger partial charge in [0.15, 0.2) is 0 Å². The molecule has 1 aliphatic heterocycles. The van der Waals surface area contributed by atoms with Crippen LogP contribution in [0.1, 0.15) is 120 Å². The van der Waals surface area contributed by atoms with E-state index in [1.54, 1.807) is 50.9 Å². The number of amides is 3. The number of H-pyrrole nitrogens is 1. The molecule has 0 bridgehead atoms. The summed E-state index contributed by atoms with van der Waals surface area (Å²) in [6.45, 7) is 21.4. The number of pyridine rings is 1. The van der Waals surface area contributed by atoms with Crippen molar-refractivity contribution in [2.24, 2.45) is 17.6 Å². The summed E-state index contributed by atoms with van der Waals surface area (Å²) >= 11 is 7.68. The van der Waals surface area contributed by atoms with Gasteiger partial charge in [-0.1, -0.05) is 64.3 Å². The van der Waals surface area contributed by atoms with E-state index in [1.165, 1.54) is 51.8 Å². The predicted molar refractivity (Wildman–Crippen MR) is 225 cm³/mol. The Labute approximate surface area is 382 Å². The first-order chi connectivity index (χ1) is 25.5. The number of methoxy groups -OCH3 is 1. The number of nitrogens with two attached hydrogens (primary N) is 1. The molecule has 2 aromatic rings. The van der Waals surface area contributed by atoms with Crippen LogP contribution in [-0.2, 0) is 14.3 Å². The molecule has 5 rings (SSSR count). The third-order valence-corrected chi connectivity index (χ3v) is 10.3. The third-order valence-electron chi connectivity index (χ3n) is 8.95. The van der Waals surface area contributed by atoms with Crippen molar-refractivity contribution in [2.75, 3.05) is 20.2 Å². The Kier molecular flexibility index (Phi) is 27.1. The van der Waals surface area contributed by atoms with E-state index in [9.17, 15) is 19.2 Å². The van der Waals surface area contributed by atoms with Crippen LogP contribution >= 0.6 is 23.5 Å². The first-order valence-corrected chi connectivity index (χ1v) is 20.5. The molecule has 14 heteroatoms. The number of aromatic amines is 1. The summed E-state index contributed by atoms with van der Waals surface area (Å²) < 4.78 is 14.1. The van der Waals surface area contributed by atoms with Crippen molar-refractivity contribution in [3.05, 3.63) is 57.1 Å². The van der Waals surface area contributed by atoms with Crippen LogP contribution in [0, 0.1) is 11.8 Å². The fourth-order valence-corrected chi connectivity index (χ4v) is 6.65. The Morgan fingerprint density at radius 2 is 1.85 bits per heavy atom. The first kappa shape index (κ1) is 53.4. The second-order valence-corrected chi connectivity index (χ2v) is 16.6. The fourth-order valence-electron chi connectivity index (χ4n) is 5.50. The van der Waals surface area contributed by atoms with Gasteiger partial charge in [0.05, 0.1) is 17.5 Å². The number of aromatic nitrogens is 1. The SMILES string of the molecule is C=CC(C)CCCC(C)CC(=O)N1CCCC1C.CC.CC(C)(C)OC(N)=O.COc1c[nH]c(=O)c2cccc(Cl)c12.O=CNC1(C[N-]SC2CC2)CC1.[K+]. The average Bonchev–Trinajstić information content (AvgIpc) is 4.05. The molecule has 3 unspecified atom stereocenters. The minimum atomic E-state index is -0.725. The van der Waals surface area contributed by atoms with Crippen molar-refractivity contribution in [1.82, 2.24) is 15.2 Å². The normalized spacial score (nSPS) is 17.3. The zero-order valence-corrected chi connectivity index (χ0v) is 39.9. The van der Waals surface area contributed by atoms with Gasteiger partial charge in [-0.15, -0.1) is 13.1 Å². The van der Waals surface area contributed by atoms with E-state index >= 15 is 0 Å². The molecule has 2 heterocycles. The van der Waals surface area contributed by atoms with E-state index in [1.807, 2.05) is 19.9 Å². The van der Waals surface area contributed by atoms with E-state index in [0.717, 1.165) is 50.4 Å². The van der Waals surface area contributed by atoms with Crippen molar-refractivity contribution in [1.29, 1.82) is 0 Å². The minimum absolute atomic E-state index is 0. The van der Waals surface area contributed by atoms with Crippen LogP contribution in [0.5, 0.6) is 5.75 Å². The minimum Gasteiger partial charge on any atom is -0.604 e. The molecule has 1 saturated heterocycles. The molecule has 1 aromatic carbocycles. The average molecular weight is 833 g/mol. The molecule has 11 nitrogen and oxygen atoms in total. The topological polar surface area (TPSA) is 158 Å². The van der Waals surface area contributed by atoms with Crippen molar-refractivity contribution in [3.63, 3.8) is 0 Å². The summed E-state index contributed by atoms with van der Waals surface area (Å²) in [7, 11) is 1.54. The monoisotopic (exact) mass is 831 g/mol. The number of hydrogen-bond donors (Lipinski definition) is 3. The molecule has 0 radical (unpaired) electrons. The van der Waals surface area contributed by atoms with Gasteiger partial charge in [-0.2, -0.15) is 0 Å². The Bertz CT molecular complexity index is 1500. The van der Waals surface area contributed by atoms with E-state index in [-0.39, 0.29) is 62.5 Å². The van der Waals surface area contributed by atoms with Crippen LogP contribution < -0.4 is 72.7 Å². The summed E-state index contributed by atoms with van der Waals surface area (Å²) in [5.41, 5.74) is 4.16. The quantitative estimate of drug-likeness (QED) is 0.0842. The van der Waals surface area contributed by atoms with E-state index < -0.39 is 11.7 Å². The van der Waals surface area contributed by atoms with Gasteiger partial charge in [0.2, 0.25) is 12.3 Å². The first-order valence-electron chi connectivity index (χ1n) is 19.3. The molecular weight excluding hydrogens is 765 g/mol. The molecule has 2 saturated carbocycles. The van der Waals surface area contributed by atoms with Crippen molar-refractivity contribution >= 4 is 52.7 Å². The number of halogens is 1. The molecule has 55 heavy (non-hydrogen) atoms. The van der Waals surface area contributed by atoms with Crippen molar-refractivity contribution in [2.45, 2.75) is 142 Å². The molecule has 2 aliphatic carbocycles. The number of benzene rings is 1. The van der Waals surface area contributed by atoms with Crippen LogP contribution in [0.4, 0.5) is 4.79 Å². The molecular formula is C41H67ClKN5O6S. The maximum Gasteiger partial charge on any atom is 1.00 e. The second kappa shape index (κ2) is 27.9. The van der Waals surface area contributed by atoms with Crippen molar-refractivity contribution < 1.29 is 75.2 Å². The van der Waals surface area contributed by atoms with Crippen LogP contribution in [0.2, 0.25) is 5.02 Å². The number of likely N-dealkylation sites (tertiary alicyclic amines) is 1. The molecule has 3 amide bonds. The molecule has 4 N–H and O–H groups in total. The number of carbonyl (C=O) groups excluding carboxylic acids is 3. The standard InChI is InChI=1S/C16H29NO.C10H8ClNO2.C8H13N2OS.C5H11NO2.C2H6.K/c1-5-13(2)8-6-9-14(3)12-16(18)17-11-7-10-15(17)4;1-14-8-5-12-10(13)6-3-2-4-7(11)9(6)8;11-6-9-8(3-4-8)5-10-12-7-1-2-7;1-5(2,3)8-4(6)7;1-2;/h5,13-15H,1,6-12H2,2-4H3;2-5H,1H3,(H,12,13);6-7H,1-5H2,(H,9,11);1-3H3,(H2,6,7);1-2H3;/q;;-1;;;+1. The number of primary amides is 1. The smallest absolute Gasteiger partial charge is 0.604 e. The number of carbonyl (C=O) groups is 3. The van der Waals surface area contributed by atoms with Gasteiger partial charge < -0.3 is 35.1 Å². The summed E-state index contributed by atoms with van der Waals surface area (Å²) in [5, 5.41) is 5.34. The molecule has 1 aromatic heterocycles. The summed E-state index contributed by atoms with van der Waals surface area (Å²) in [6, 6.07) is 5.64. The summed E-state index contributed by atoms with van der Waals surface area (Å²) in [6.07, 6.45) is 15.1. The van der Waals surface area contributed by atoms with E-state index in [2.05, 4.69) is 52.0 Å². The maximum absolute atomic E-state index is 12.1. The number of fused-ring (bicyclic) bond motifs is 1. The van der Waals surface area contributed by atoms with Crippen molar-refractivity contribution in [3.8, 4) is 5.75 Å². The van der Waals surface area contributed by atoms with Gasteiger partial charge in [0.1, 0.15) is 11.4 Å².